The predicted molar refractivity (Wildman–Crippen MR) is 79.6 cm³/mol. The van der Waals surface area contributed by atoms with Crippen molar-refractivity contribution in [3.8, 4) is 0 Å². The van der Waals surface area contributed by atoms with E-state index in [-0.39, 0.29) is 5.91 Å². The van der Waals surface area contributed by atoms with Crippen LogP contribution >= 0.6 is 11.6 Å². The zero-order valence-electron chi connectivity index (χ0n) is 10.8. The summed E-state index contributed by atoms with van der Waals surface area (Å²) in [4.78, 5) is 13.8. The topological polar surface area (TPSA) is 20.3 Å². The molecule has 0 N–H and O–H groups in total. The number of amides is 1. The molecule has 98 valence electrons. The number of anilines is 1. The molecule has 0 atom stereocenters. The van der Waals surface area contributed by atoms with Gasteiger partial charge < -0.3 is 4.90 Å². The molecule has 0 heterocycles. The first kappa shape index (κ1) is 13.6. The monoisotopic (exact) mass is 273 g/mol. The van der Waals surface area contributed by atoms with Crippen LogP contribution in [0.25, 0.3) is 0 Å². The first-order chi connectivity index (χ1) is 9.18. The molecule has 0 saturated carbocycles. The molecule has 0 fully saturated rings. The first-order valence-corrected chi connectivity index (χ1v) is 6.61. The number of rotatable bonds is 4. The molecule has 2 rings (SSSR count). The van der Waals surface area contributed by atoms with Crippen molar-refractivity contribution >= 4 is 23.2 Å². The van der Waals surface area contributed by atoms with E-state index in [2.05, 4.69) is 0 Å². The maximum absolute atomic E-state index is 12.1. The molecule has 2 aromatic rings. The standard InChI is InChI=1S/C16H16ClNO/c1-18(14-8-3-2-4-9-14)16(19)12-11-13-7-5-6-10-15(13)17/h2-10H,11-12H2,1H3. The highest BCUT2D eigenvalue weighted by Gasteiger charge is 2.11. The number of halogens is 1. The molecule has 0 spiro atoms. The van der Waals surface area contributed by atoms with Crippen LogP contribution in [0.1, 0.15) is 12.0 Å². The zero-order valence-corrected chi connectivity index (χ0v) is 11.6. The summed E-state index contributed by atoms with van der Waals surface area (Å²) in [6.45, 7) is 0. The quantitative estimate of drug-likeness (QED) is 0.826. The fourth-order valence-corrected chi connectivity index (χ4v) is 2.14. The van der Waals surface area contributed by atoms with Gasteiger partial charge in [0.15, 0.2) is 0 Å². The second-order valence-electron chi connectivity index (χ2n) is 4.38. The highest BCUT2D eigenvalue weighted by Crippen LogP contribution is 2.18. The number of carbonyl (C=O) groups excluding carboxylic acids is 1. The Balaban J connectivity index is 1.97. The van der Waals surface area contributed by atoms with E-state index in [0.717, 1.165) is 16.3 Å². The summed E-state index contributed by atoms with van der Waals surface area (Å²) in [6, 6.07) is 17.3. The molecule has 19 heavy (non-hydrogen) atoms. The van der Waals surface area contributed by atoms with Crippen molar-refractivity contribution < 1.29 is 4.79 Å². The Hall–Kier alpha value is -1.80. The minimum Gasteiger partial charge on any atom is -0.315 e. The van der Waals surface area contributed by atoms with E-state index < -0.39 is 0 Å². The third kappa shape index (κ3) is 3.58. The van der Waals surface area contributed by atoms with E-state index in [1.807, 2.05) is 54.6 Å². The van der Waals surface area contributed by atoms with E-state index in [1.165, 1.54) is 0 Å². The summed E-state index contributed by atoms with van der Waals surface area (Å²) in [6.07, 6.45) is 1.12. The minimum atomic E-state index is 0.0890. The van der Waals surface area contributed by atoms with E-state index in [1.54, 1.807) is 11.9 Å². The third-order valence-corrected chi connectivity index (χ3v) is 3.45. The highest BCUT2D eigenvalue weighted by molar-refractivity contribution is 6.31. The van der Waals surface area contributed by atoms with Crippen molar-refractivity contribution in [3.05, 3.63) is 65.2 Å². The van der Waals surface area contributed by atoms with Gasteiger partial charge in [0.1, 0.15) is 0 Å². The van der Waals surface area contributed by atoms with Crippen LogP contribution in [0.15, 0.2) is 54.6 Å². The molecule has 2 aromatic carbocycles. The van der Waals surface area contributed by atoms with Crippen molar-refractivity contribution in [1.82, 2.24) is 0 Å². The average Bonchev–Trinajstić information content (AvgIpc) is 2.46. The zero-order chi connectivity index (χ0) is 13.7. The lowest BCUT2D eigenvalue weighted by atomic mass is 10.1. The lowest BCUT2D eigenvalue weighted by Crippen LogP contribution is -2.26. The molecule has 0 saturated heterocycles. The molecule has 2 nitrogen and oxygen atoms in total. The van der Waals surface area contributed by atoms with Crippen LogP contribution in [0.2, 0.25) is 5.02 Å². The number of benzene rings is 2. The summed E-state index contributed by atoms with van der Waals surface area (Å²) in [5.41, 5.74) is 1.92. The highest BCUT2D eigenvalue weighted by atomic mass is 35.5. The Bertz CT molecular complexity index is 554. The van der Waals surface area contributed by atoms with Gasteiger partial charge in [-0.05, 0) is 30.2 Å². The summed E-state index contributed by atoms with van der Waals surface area (Å²) < 4.78 is 0. The van der Waals surface area contributed by atoms with E-state index >= 15 is 0 Å². The Labute approximate surface area is 118 Å². The summed E-state index contributed by atoms with van der Waals surface area (Å²) in [5.74, 6) is 0.0890. The number of hydrogen-bond acceptors (Lipinski definition) is 1. The summed E-state index contributed by atoms with van der Waals surface area (Å²) in [7, 11) is 1.80. The van der Waals surface area contributed by atoms with Crippen molar-refractivity contribution in [2.45, 2.75) is 12.8 Å². The normalized spacial score (nSPS) is 10.2. The Kier molecular flexibility index (Phi) is 4.58. The molecule has 3 heteroatoms. The van der Waals surface area contributed by atoms with Gasteiger partial charge in [-0.3, -0.25) is 4.79 Å². The molecule has 0 aromatic heterocycles. The number of nitrogens with zero attached hydrogens (tertiary/aromatic N) is 1. The Morgan fingerprint density at radius 3 is 2.37 bits per heavy atom. The largest absolute Gasteiger partial charge is 0.315 e. The molecule has 0 aliphatic carbocycles. The molecular weight excluding hydrogens is 258 g/mol. The maximum Gasteiger partial charge on any atom is 0.227 e. The Morgan fingerprint density at radius 2 is 1.68 bits per heavy atom. The van der Waals surface area contributed by atoms with Crippen LogP contribution in [0.4, 0.5) is 5.69 Å². The number of carbonyl (C=O) groups is 1. The van der Waals surface area contributed by atoms with Gasteiger partial charge in [-0.15, -0.1) is 0 Å². The molecular formula is C16H16ClNO. The van der Waals surface area contributed by atoms with Crippen LogP contribution in [-0.2, 0) is 11.2 Å². The average molecular weight is 274 g/mol. The third-order valence-electron chi connectivity index (χ3n) is 3.08. The second kappa shape index (κ2) is 6.39. The van der Waals surface area contributed by atoms with E-state index in [9.17, 15) is 4.79 Å². The summed E-state index contributed by atoms with van der Waals surface area (Å²) >= 11 is 6.08. The van der Waals surface area contributed by atoms with Crippen molar-refractivity contribution in [3.63, 3.8) is 0 Å². The van der Waals surface area contributed by atoms with Gasteiger partial charge in [-0.2, -0.15) is 0 Å². The van der Waals surface area contributed by atoms with Crippen molar-refractivity contribution in [2.24, 2.45) is 0 Å². The van der Waals surface area contributed by atoms with Gasteiger partial charge in [-0.25, -0.2) is 0 Å². The van der Waals surface area contributed by atoms with E-state index in [4.69, 9.17) is 11.6 Å². The van der Waals surface area contributed by atoms with Crippen LogP contribution in [0.5, 0.6) is 0 Å². The van der Waals surface area contributed by atoms with Crippen LogP contribution < -0.4 is 4.90 Å². The van der Waals surface area contributed by atoms with Crippen LogP contribution in [0, 0.1) is 0 Å². The smallest absolute Gasteiger partial charge is 0.227 e. The van der Waals surface area contributed by atoms with Gasteiger partial charge in [0, 0.05) is 24.2 Å². The van der Waals surface area contributed by atoms with Gasteiger partial charge in [0.2, 0.25) is 5.91 Å². The maximum atomic E-state index is 12.1. The van der Waals surface area contributed by atoms with Crippen LogP contribution in [-0.4, -0.2) is 13.0 Å². The summed E-state index contributed by atoms with van der Waals surface area (Å²) in [5, 5.41) is 0.720. The van der Waals surface area contributed by atoms with Crippen molar-refractivity contribution in [1.29, 1.82) is 0 Å². The fourth-order valence-electron chi connectivity index (χ4n) is 1.91. The lowest BCUT2D eigenvalue weighted by Gasteiger charge is -2.17. The van der Waals surface area contributed by atoms with Gasteiger partial charge in [0.25, 0.3) is 0 Å². The molecule has 0 aliphatic rings. The number of aryl methyl sites for hydroxylation is 1. The Morgan fingerprint density at radius 1 is 1.05 bits per heavy atom. The molecule has 0 bridgehead atoms. The minimum absolute atomic E-state index is 0.0890. The molecule has 1 amide bonds. The SMILES string of the molecule is CN(C(=O)CCc1ccccc1Cl)c1ccccc1. The van der Waals surface area contributed by atoms with Gasteiger partial charge >= 0.3 is 0 Å². The molecule has 0 aliphatic heterocycles. The fraction of sp³-hybridized carbons (Fsp3) is 0.188. The first-order valence-electron chi connectivity index (χ1n) is 6.23. The van der Waals surface area contributed by atoms with Gasteiger partial charge in [-0.1, -0.05) is 48.0 Å². The molecule has 0 radical (unpaired) electrons. The number of hydrogen-bond donors (Lipinski definition) is 0. The molecule has 0 unspecified atom stereocenters. The number of para-hydroxylation sites is 1. The van der Waals surface area contributed by atoms with Crippen molar-refractivity contribution in [2.75, 3.05) is 11.9 Å². The van der Waals surface area contributed by atoms with E-state index in [0.29, 0.717) is 12.8 Å². The lowest BCUT2D eigenvalue weighted by molar-refractivity contribution is -0.118. The van der Waals surface area contributed by atoms with Crippen LogP contribution in [0.3, 0.4) is 0 Å². The van der Waals surface area contributed by atoms with Gasteiger partial charge in [0.05, 0.1) is 0 Å². The second-order valence-corrected chi connectivity index (χ2v) is 4.79. The predicted octanol–water partition coefficient (Wildman–Crippen LogP) is 3.94.